The van der Waals surface area contributed by atoms with Crippen LogP contribution in [0.5, 0.6) is 0 Å². The van der Waals surface area contributed by atoms with Gasteiger partial charge in [0, 0.05) is 6.54 Å². The summed E-state index contributed by atoms with van der Waals surface area (Å²) in [5.74, 6) is -0.332. The zero-order valence-electron chi connectivity index (χ0n) is 13.4. The molecule has 1 rings (SSSR count). The van der Waals surface area contributed by atoms with Gasteiger partial charge in [0.15, 0.2) is 0 Å². The topological polar surface area (TPSA) is 78.4 Å². The van der Waals surface area contributed by atoms with Crippen LogP contribution in [0.2, 0.25) is 0 Å². The molecule has 0 bridgehead atoms. The number of amides is 2. The molecule has 1 atom stereocenters. The van der Waals surface area contributed by atoms with E-state index in [1.165, 1.54) is 12.8 Å². The largest absolute Gasteiger partial charge is 0.481 e. The maximum Gasteiger partial charge on any atom is 0.315 e. The third kappa shape index (κ3) is 6.36. The molecule has 5 heteroatoms. The molecule has 122 valence electrons. The van der Waals surface area contributed by atoms with E-state index in [1.54, 1.807) is 0 Å². The van der Waals surface area contributed by atoms with Crippen molar-refractivity contribution in [2.45, 2.75) is 77.2 Å². The first kappa shape index (κ1) is 17.8. The number of rotatable bonds is 9. The second kappa shape index (κ2) is 8.90. The third-order valence-corrected chi connectivity index (χ3v) is 4.52. The Morgan fingerprint density at radius 2 is 1.90 bits per heavy atom. The zero-order valence-corrected chi connectivity index (χ0v) is 13.4. The smallest absolute Gasteiger partial charge is 0.315 e. The predicted molar refractivity (Wildman–Crippen MR) is 83.3 cm³/mol. The normalized spacial score (nSPS) is 18.2. The van der Waals surface area contributed by atoms with Crippen molar-refractivity contribution in [3.8, 4) is 0 Å². The summed E-state index contributed by atoms with van der Waals surface area (Å²) in [5, 5.41) is 14.9. The maximum absolute atomic E-state index is 12.1. The molecule has 1 fully saturated rings. The van der Waals surface area contributed by atoms with Crippen molar-refractivity contribution in [3.63, 3.8) is 0 Å². The van der Waals surface area contributed by atoms with Gasteiger partial charge in [0.05, 0.1) is 12.0 Å². The molecule has 5 nitrogen and oxygen atoms in total. The van der Waals surface area contributed by atoms with E-state index in [0.717, 1.165) is 38.5 Å². The molecule has 2 amide bonds. The van der Waals surface area contributed by atoms with Gasteiger partial charge in [-0.1, -0.05) is 46.0 Å². The number of hydrogen-bond acceptors (Lipinski definition) is 2. The molecule has 0 radical (unpaired) electrons. The van der Waals surface area contributed by atoms with Crippen LogP contribution in [-0.4, -0.2) is 29.2 Å². The predicted octanol–water partition coefficient (Wildman–Crippen LogP) is 3.29. The quantitative estimate of drug-likeness (QED) is 0.611. The Bertz CT molecular complexity index is 338. The number of carboxylic acid groups (broad SMARTS) is 1. The first-order valence-corrected chi connectivity index (χ1v) is 8.29. The van der Waals surface area contributed by atoms with Crippen LogP contribution in [0.4, 0.5) is 4.79 Å². The highest BCUT2D eigenvalue weighted by Crippen LogP contribution is 2.32. The highest BCUT2D eigenvalue weighted by Gasteiger charge is 2.37. The van der Waals surface area contributed by atoms with Crippen LogP contribution < -0.4 is 10.6 Å². The van der Waals surface area contributed by atoms with Gasteiger partial charge in [-0.05, 0) is 25.2 Å². The Labute approximate surface area is 127 Å². The van der Waals surface area contributed by atoms with Gasteiger partial charge in [-0.25, -0.2) is 4.79 Å². The first-order valence-electron chi connectivity index (χ1n) is 8.29. The van der Waals surface area contributed by atoms with E-state index in [-0.39, 0.29) is 12.5 Å². The number of urea groups is 1. The molecular formula is C16H30N2O3. The standard InChI is InChI=1S/C16H30N2O3/c1-3-5-8-13(4-2)12-17-15(21)18-16(11-14(19)20)9-6-7-10-16/h13H,3-12H2,1-2H3,(H,19,20)(H2,17,18,21). The molecule has 0 aliphatic heterocycles. The van der Waals surface area contributed by atoms with E-state index >= 15 is 0 Å². The minimum Gasteiger partial charge on any atom is -0.481 e. The number of carbonyl (C=O) groups excluding carboxylic acids is 1. The molecule has 0 aromatic carbocycles. The van der Waals surface area contributed by atoms with Crippen molar-refractivity contribution < 1.29 is 14.7 Å². The van der Waals surface area contributed by atoms with Crippen molar-refractivity contribution >= 4 is 12.0 Å². The van der Waals surface area contributed by atoms with Gasteiger partial charge in [0.1, 0.15) is 0 Å². The summed E-state index contributed by atoms with van der Waals surface area (Å²) < 4.78 is 0. The summed E-state index contributed by atoms with van der Waals surface area (Å²) in [6.07, 6.45) is 8.07. The van der Waals surface area contributed by atoms with E-state index in [1.807, 2.05) is 0 Å². The lowest BCUT2D eigenvalue weighted by Gasteiger charge is -2.29. The van der Waals surface area contributed by atoms with Crippen molar-refractivity contribution in [2.75, 3.05) is 6.54 Å². The Balaban J connectivity index is 2.41. The lowest BCUT2D eigenvalue weighted by Crippen LogP contribution is -2.52. The van der Waals surface area contributed by atoms with Crippen LogP contribution in [0, 0.1) is 5.92 Å². The van der Waals surface area contributed by atoms with Crippen LogP contribution in [-0.2, 0) is 4.79 Å². The summed E-state index contributed by atoms with van der Waals surface area (Å²) in [7, 11) is 0. The van der Waals surface area contributed by atoms with Crippen LogP contribution in [0.25, 0.3) is 0 Å². The van der Waals surface area contributed by atoms with E-state index in [4.69, 9.17) is 5.11 Å². The Morgan fingerprint density at radius 3 is 2.43 bits per heavy atom. The molecule has 0 aromatic rings. The van der Waals surface area contributed by atoms with E-state index in [0.29, 0.717) is 12.5 Å². The Morgan fingerprint density at radius 1 is 1.24 bits per heavy atom. The van der Waals surface area contributed by atoms with E-state index < -0.39 is 11.5 Å². The molecule has 21 heavy (non-hydrogen) atoms. The second-order valence-electron chi connectivity index (χ2n) is 6.31. The fourth-order valence-electron chi connectivity index (χ4n) is 3.15. The summed E-state index contributed by atoms with van der Waals surface area (Å²) in [6, 6.07) is -0.215. The van der Waals surface area contributed by atoms with Crippen LogP contribution in [0.1, 0.15) is 71.6 Å². The Hall–Kier alpha value is -1.26. The van der Waals surface area contributed by atoms with E-state index in [9.17, 15) is 9.59 Å². The molecule has 1 saturated carbocycles. The monoisotopic (exact) mass is 298 g/mol. The van der Waals surface area contributed by atoms with Gasteiger partial charge in [-0.3, -0.25) is 4.79 Å². The number of hydrogen-bond donors (Lipinski definition) is 3. The molecule has 3 N–H and O–H groups in total. The zero-order chi connectivity index (χ0) is 15.7. The molecule has 0 heterocycles. The molecule has 0 aromatic heterocycles. The number of carbonyl (C=O) groups is 2. The molecule has 1 unspecified atom stereocenters. The highest BCUT2D eigenvalue weighted by molar-refractivity contribution is 5.76. The van der Waals surface area contributed by atoms with E-state index in [2.05, 4.69) is 24.5 Å². The molecule has 1 aliphatic rings. The fraction of sp³-hybridized carbons (Fsp3) is 0.875. The average molecular weight is 298 g/mol. The third-order valence-electron chi connectivity index (χ3n) is 4.52. The van der Waals surface area contributed by atoms with Gasteiger partial charge in [0.25, 0.3) is 0 Å². The number of carboxylic acids is 1. The minimum atomic E-state index is -0.841. The first-order chi connectivity index (χ1) is 10.0. The fourth-order valence-corrected chi connectivity index (χ4v) is 3.15. The van der Waals surface area contributed by atoms with Gasteiger partial charge in [-0.15, -0.1) is 0 Å². The summed E-state index contributed by atoms with van der Waals surface area (Å²) >= 11 is 0. The minimum absolute atomic E-state index is 0.0213. The van der Waals surface area contributed by atoms with Gasteiger partial charge in [0.2, 0.25) is 0 Å². The van der Waals surface area contributed by atoms with Crippen molar-refractivity contribution in [1.29, 1.82) is 0 Å². The molecular weight excluding hydrogens is 268 g/mol. The summed E-state index contributed by atoms with van der Waals surface area (Å²) in [6.45, 7) is 4.98. The summed E-state index contributed by atoms with van der Waals surface area (Å²) in [5.41, 5.74) is -0.541. The molecule has 0 spiro atoms. The summed E-state index contributed by atoms with van der Waals surface area (Å²) in [4.78, 5) is 23.1. The van der Waals surface area contributed by atoms with Gasteiger partial charge < -0.3 is 15.7 Å². The van der Waals surface area contributed by atoms with Crippen molar-refractivity contribution in [1.82, 2.24) is 10.6 Å². The van der Waals surface area contributed by atoms with Crippen molar-refractivity contribution in [3.05, 3.63) is 0 Å². The second-order valence-corrected chi connectivity index (χ2v) is 6.31. The lowest BCUT2D eigenvalue weighted by atomic mass is 9.93. The molecule has 0 saturated heterocycles. The average Bonchev–Trinajstić information content (AvgIpc) is 2.86. The van der Waals surface area contributed by atoms with Crippen molar-refractivity contribution in [2.24, 2.45) is 5.92 Å². The van der Waals surface area contributed by atoms with Crippen LogP contribution in [0.15, 0.2) is 0 Å². The van der Waals surface area contributed by atoms with Gasteiger partial charge >= 0.3 is 12.0 Å². The van der Waals surface area contributed by atoms with Crippen LogP contribution in [0.3, 0.4) is 0 Å². The molecule has 1 aliphatic carbocycles. The number of aliphatic carboxylic acids is 1. The highest BCUT2D eigenvalue weighted by atomic mass is 16.4. The Kier molecular flexibility index (Phi) is 7.54. The van der Waals surface area contributed by atoms with Gasteiger partial charge in [-0.2, -0.15) is 0 Å². The number of unbranched alkanes of at least 4 members (excludes halogenated alkanes) is 1. The number of nitrogens with one attached hydrogen (secondary N) is 2. The maximum atomic E-state index is 12.1. The lowest BCUT2D eigenvalue weighted by molar-refractivity contribution is -0.138. The van der Waals surface area contributed by atoms with Crippen LogP contribution >= 0.6 is 0 Å². The SMILES string of the molecule is CCCCC(CC)CNC(=O)NC1(CC(=O)O)CCCC1.